The predicted molar refractivity (Wildman–Crippen MR) is 68.9 cm³/mol. The normalized spacial score (nSPS) is 13.3. The zero-order valence-corrected chi connectivity index (χ0v) is 11.2. The van der Waals surface area contributed by atoms with Crippen LogP contribution in [-0.4, -0.2) is 28.2 Å². The standard InChI is InChI=1S/C12H22ClN3/c1-10(2)6-12(13)8-14-5-4-11-7-15-16(3)9-11/h7,9-10,12,14H,4-6,8H2,1-3H3. The zero-order valence-electron chi connectivity index (χ0n) is 10.4. The molecule has 0 spiro atoms. The van der Waals surface area contributed by atoms with Crippen LogP contribution in [0.5, 0.6) is 0 Å². The first-order valence-electron chi connectivity index (χ1n) is 5.90. The number of hydrogen-bond acceptors (Lipinski definition) is 2. The van der Waals surface area contributed by atoms with Crippen LogP contribution < -0.4 is 5.32 Å². The van der Waals surface area contributed by atoms with E-state index in [2.05, 4.69) is 24.3 Å². The molecule has 4 heteroatoms. The van der Waals surface area contributed by atoms with Crippen LogP contribution >= 0.6 is 11.6 Å². The van der Waals surface area contributed by atoms with Gasteiger partial charge in [0.25, 0.3) is 0 Å². The molecular weight excluding hydrogens is 222 g/mol. The Balaban J connectivity index is 2.07. The van der Waals surface area contributed by atoms with Crippen LogP contribution in [0.15, 0.2) is 12.4 Å². The molecule has 0 saturated carbocycles. The van der Waals surface area contributed by atoms with Crippen molar-refractivity contribution in [3.8, 4) is 0 Å². The first-order valence-corrected chi connectivity index (χ1v) is 6.34. The lowest BCUT2D eigenvalue weighted by Crippen LogP contribution is -2.26. The summed E-state index contributed by atoms with van der Waals surface area (Å²) >= 11 is 6.18. The van der Waals surface area contributed by atoms with E-state index in [4.69, 9.17) is 11.6 Å². The molecule has 0 bridgehead atoms. The molecule has 0 aliphatic heterocycles. The summed E-state index contributed by atoms with van der Waals surface area (Å²) in [5, 5.41) is 7.76. The Morgan fingerprint density at radius 2 is 2.25 bits per heavy atom. The smallest absolute Gasteiger partial charge is 0.0522 e. The van der Waals surface area contributed by atoms with Crippen molar-refractivity contribution < 1.29 is 0 Å². The summed E-state index contributed by atoms with van der Waals surface area (Å²) in [4.78, 5) is 0. The van der Waals surface area contributed by atoms with Crippen molar-refractivity contribution in [2.24, 2.45) is 13.0 Å². The topological polar surface area (TPSA) is 29.9 Å². The lowest BCUT2D eigenvalue weighted by molar-refractivity contribution is 0.534. The van der Waals surface area contributed by atoms with Gasteiger partial charge in [0.05, 0.1) is 6.20 Å². The van der Waals surface area contributed by atoms with Crippen LogP contribution in [-0.2, 0) is 13.5 Å². The fourth-order valence-electron chi connectivity index (χ4n) is 1.69. The summed E-state index contributed by atoms with van der Waals surface area (Å²) in [6, 6.07) is 0. The summed E-state index contributed by atoms with van der Waals surface area (Å²) in [6.07, 6.45) is 6.04. The van der Waals surface area contributed by atoms with Crippen LogP contribution in [0.2, 0.25) is 0 Å². The van der Waals surface area contributed by atoms with E-state index in [1.165, 1.54) is 5.56 Å². The molecule has 0 fully saturated rings. The molecule has 0 aliphatic carbocycles. The van der Waals surface area contributed by atoms with Gasteiger partial charge in [-0.15, -0.1) is 11.6 Å². The summed E-state index contributed by atoms with van der Waals surface area (Å²) < 4.78 is 1.83. The predicted octanol–water partition coefficient (Wildman–Crippen LogP) is 2.21. The van der Waals surface area contributed by atoms with Crippen molar-refractivity contribution >= 4 is 11.6 Å². The monoisotopic (exact) mass is 243 g/mol. The maximum absolute atomic E-state index is 6.18. The van der Waals surface area contributed by atoms with Gasteiger partial charge in [0, 0.05) is 25.2 Å². The van der Waals surface area contributed by atoms with Crippen molar-refractivity contribution in [1.29, 1.82) is 0 Å². The molecule has 0 aromatic carbocycles. The van der Waals surface area contributed by atoms with Gasteiger partial charge in [0.2, 0.25) is 0 Å². The highest BCUT2D eigenvalue weighted by atomic mass is 35.5. The second-order valence-electron chi connectivity index (χ2n) is 4.70. The third kappa shape index (κ3) is 5.52. The molecule has 92 valence electrons. The highest BCUT2D eigenvalue weighted by molar-refractivity contribution is 6.20. The largest absolute Gasteiger partial charge is 0.315 e. The number of nitrogens with zero attached hydrogens (tertiary/aromatic N) is 2. The van der Waals surface area contributed by atoms with Crippen LogP contribution in [0.4, 0.5) is 0 Å². The molecule has 0 saturated heterocycles. The first kappa shape index (κ1) is 13.5. The molecule has 1 unspecified atom stereocenters. The molecular formula is C12H22ClN3. The summed E-state index contributed by atoms with van der Waals surface area (Å²) in [5.74, 6) is 0.669. The Kier molecular flexibility index (Phi) is 5.85. The quantitative estimate of drug-likeness (QED) is 0.588. The van der Waals surface area contributed by atoms with Gasteiger partial charge in [-0.1, -0.05) is 13.8 Å². The maximum atomic E-state index is 6.18. The van der Waals surface area contributed by atoms with Gasteiger partial charge in [-0.2, -0.15) is 5.10 Å². The molecule has 16 heavy (non-hydrogen) atoms. The lowest BCUT2D eigenvalue weighted by atomic mass is 10.1. The fourth-order valence-corrected chi connectivity index (χ4v) is 2.15. The average Bonchev–Trinajstić information content (AvgIpc) is 2.58. The number of rotatable bonds is 7. The SMILES string of the molecule is CC(C)CC(Cl)CNCCc1cnn(C)c1. The number of aryl methyl sites for hydroxylation is 1. The Morgan fingerprint density at radius 3 is 2.81 bits per heavy atom. The number of alkyl halides is 1. The van der Waals surface area contributed by atoms with Crippen molar-refractivity contribution in [3.63, 3.8) is 0 Å². The molecule has 0 radical (unpaired) electrons. The van der Waals surface area contributed by atoms with Crippen LogP contribution in [0.1, 0.15) is 25.8 Å². The van der Waals surface area contributed by atoms with Crippen LogP contribution in [0, 0.1) is 5.92 Å². The summed E-state index contributed by atoms with van der Waals surface area (Å²) in [5.41, 5.74) is 1.27. The van der Waals surface area contributed by atoms with E-state index in [9.17, 15) is 0 Å². The van der Waals surface area contributed by atoms with E-state index in [-0.39, 0.29) is 5.38 Å². The highest BCUT2D eigenvalue weighted by Crippen LogP contribution is 2.09. The molecule has 1 aromatic heterocycles. The molecule has 3 nitrogen and oxygen atoms in total. The molecule has 0 amide bonds. The molecule has 1 rings (SSSR count). The Morgan fingerprint density at radius 1 is 1.50 bits per heavy atom. The maximum Gasteiger partial charge on any atom is 0.0522 e. The second-order valence-corrected chi connectivity index (χ2v) is 5.32. The Hall–Kier alpha value is -0.540. The van der Waals surface area contributed by atoms with Gasteiger partial charge >= 0.3 is 0 Å². The van der Waals surface area contributed by atoms with Gasteiger partial charge in [-0.3, -0.25) is 4.68 Å². The Bertz CT molecular complexity index is 296. The molecule has 1 aromatic rings. The van der Waals surface area contributed by atoms with E-state index >= 15 is 0 Å². The van der Waals surface area contributed by atoms with Crippen molar-refractivity contribution in [2.75, 3.05) is 13.1 Å². The van der Waals surface area contributed by atoms with E-state index < -0.39 is 0 Å². The molecule has 1 N–H and O–H groups in total. The third-order valence-corrected chi connectivity index (χ3v) is 2.77. The average molecular weight is 244 g/mol. The van der Waals surface area contributed by atoms with Gasteiger partial charge < -0.3 is 5.32 Å². The first-order chi connectivity index (χ1) is 7.58. The van der Waals surface area contributed by atoms with Gasteiger partial charge in [0.15, 0.2) is 0 Å². The molecule has 1 heterocycles. The van der Waals surface area contributed by atoms with E-state index in [1.54, 1.807) is 0 Å². The number of halogens is 1. The summed E-state index contributed by atoms with van der Waals surface area (Å²) in [7, 11) is 1.94. The zero-order chi connectivity index (χ0) is 12.0. The number of nitrogens with one attached hydrogen (secondary N) is 1. The van der Waals surface area contributed by atoms with E-state index in [0.717, 1.165) is 25.9 Å². The molecule has 1 atom stereocenters. The van der Waals surface area contributed by atoms with Gasteiger partial charge in [0.1, 0.15) is 0 Å². The fraction of sp³-hybridized carbons (Fsp3) is 0.750. The third-order valence-electron chi connectivity index (χ3n) is 2.44. The minimum absolute atomic E-state index is 0.244. The van der Waals surface area contributed by atoms with Crippen molar-refractivity contribution in [1.82, 2.24) is 15.1 Å². The van der Waals surface area contributed by atoms with Crippen LogP contribution in [0.25, 0.3) is 0 Å². The van der Waals surface area contributed by atoms with E-state index in [1.807, 2.05) is 24.1 Å². The summed E-state index contributed by atoms with van der Waals surface area (Å²) in [6.45, 7) is 6.25. The van der Waals surface area contributed by atoms with Crippen molar-refractivity contribution in [2.45, 2.75) is 32.1 Å². The minimum Gasteiger partial charge on any atom is -0.315 e. The minimum atomic E-state index is 0.244. The van der Waals surface area contributed by atoms with Crippen molar-refractivity contribution in [3.05, 3.63) is 18.0 Å². The van der Waals surface area contributed by atoms with Gasteiger partial charge in [-0.05, 0) is 30.9 Å². The second kappa shape index (κ2) is 6.92. The Labute approximate surface area is 103 Å². The highest BCUT2D eigenvalue weighted by Gasteiger charge is 2.06. The number of aromatic nitrogens is 2. The van der Waals surface area contributed by atoms with E-state index in [0.29, 0.717) is 5.92 Å². The lowest BCUT2D eigenvalue weighted by Gasteiger charge is -2.12. The molecule has 0 aliphatic rings. The number of hydrogen-bond donors (Lipinski definition) is 1. The van der Waals surface area contributed by atoms with Crippen LogP contribution in [0.3, 0.4) is 0 Å². The van der Waals surface area contributed by atoms with Gasteiger partial charge in [-0.25, -0.2) is 0 Å².